The van der Waals surface area contributed by atoms with Crippen LogP contribution in [0.5, 0.6) is 0 Å². The van der Waals surface area contributed by atoms with Crippen molar-refractivity contribution in [2.45, 2.75) is 24.4 Å². The van der Waals surface area contributed by atoms with Crippen LogP contribution in [0.25, 0.3) is 0 Å². The summed E-state index contributed by atoms with van der Waals surface area (Å²) in [5.74, 6) is 0. The molecule has 0 atom stereocenters. The first-order valence-corrected chi connectivity index (χ1v) is 3.92. The Morgan fingerprint density at radius 1 is 1.11 bits per heavy atom. The van der Waals surface area contributed by atoms with Gasteiger partial charge in [0, 0.05) is 0 Å². The normalized spacial score (nSPS) is 10.8. The molecule has 0 heterocycles. The Bertz CT molecular complexity index is 54.9. The molecule has 0 spiro atoms. The van der Waals surface area contributed by atoms with Crippen molar-refractivity contribution in [1.82, 2.24) is 4.90 Å². The van der Waals surface area contributed by atoms with E-state index in [0.29, 0.717) is 0 Å². The Morgan fingerprint density at radius 3 is 2.22 bits per heavy atom. The van der Waals surface area contributed by atoms with Gasteiger partial charge >= 0.3 is 67.6 Å². The third kappa shape index (κ3) is 8.56. The molecule has 50 valence electrons. The fourth-order valence-electron chi connectivity index (χ4n) is 0.855. The fourth-order valence-corrected chi connectivity index (χ4v) is 0.855. The van der Waals surface area contributed by atoms with Crippen LogP contribution in [0.15, 0.2) is 0 Å². The molecule has 0 N–H and O–H groups in total. The fraction of sp³-hybridized carbons (Fsp3) is 1.00. The molecule has 2 heteroatoms. The summed E-state index contributed by atoms with van der Waals surface area (Å²) in [5.41, 5.74) is 0. The van der Waals surface area contributed by atoms with Gasteiger partial charge in [-0.3, -0.25) is 0 Å². The zero-order valence-electron chi connectivity index (χ0n) is 6.98. The molecule has 0 radical (unpaired) electrons. The quantitative estimate of drug-likeness (QED) is 0.391. The van der Waals surface area contributed by atoms with Gasteiger partial charge in [0.2, 0.25) is 0 Å². The third-order valence-electron chi connectivity index (χ3n) is 1.46. The average Bonchev–Trinajstić information content (AvgIpc) is 1.80. The maximum atomic E-state index is 2.25. The minimum atomic E-state index is 1.25. The first kappa shape index (κ1) is 9.56. The van der Waals surface area contributed by atoms with Crippen LogP contribution in [0.2, 0.25) is 5.09 Å². The van der Waals surface area contributed by atoms with Crippen molar-refractivity contribution >= 4 is 17.7 Å². The zero-order chi connectivity index (χ0) is 7.11. The Balaban J connectivity index is 2.75. The second kappa shape index (κ2) is 6.67. The summed E-state index contributed by atoms with van der Waals surface area (Å²) in [7, 11) is 4.26. The Morgan fingerprint density at radius 2 is 1.78 bits per heavy atom. The van der Waals surface area contributed by atoms with Crippen LogP contribution in [0, 0.1) is 0 Å². The van der Waals surface area contributed by atoms with Crippen LogP contribution in [0.1, 0.15) is 19.3 Å². The maximum absolute atomic E-state index is 2.25. The second-order valence-corrected chi connectivity index (χ2v) is 2.86. The summed E-state index contributed by atoms with van der Waals surface area (Å²) in [6, 6.07) is 0. The van der Waals surface area contributed by atoms with E-state index in [1.807, 2.05) is 0 Å². The molecule has 0 aliphatic heterocycles. The van der Waals surface area contributed by atoms with E-state index in [4.69, 9.17) is 0 Å². The van der Waals surface area contributed by atoms with Gasteiger partial charge in [0.25, 0.3) is 0 Å². The van der Waals surface area contributed by atoms with E-state index in [0.717, 1.165) is 0 Å². The molecule has 0 aromatic rings. The van der Waals surface area contributed by atoms with Crippen molar-refractivity contribution in [2.75, 3.05) is 20.6 Å². The molecule has 9 heavy (non-hydrogen) atoms. The summed E-state index contributed by atoms with van der Waals surface area (Å²) in [6.07, 6.45) is 4.16. The summed E-state index contributed by atoms with van der Waals surface area (Å²) < 4.78 is 0. The van der Waals surface area contributed by atoms with E-state index >= 15 is 0 Å². The second-order valence-electron chi connectivity index (χ2n) is 2.86. The average molecular weight is 121 g/mol. The standard InChI is InChI=1S/C7H16N.Li/c1-4-5-6-7-8(2)3;/h1,4-7H2,2-3H3;. The molecule has 0 fully saturated rings. The van der Waals surface area contributed by atoms with E-state index in [9.17, 15) is 0 Å². The first-order chi connectivity index (χ1) is 4.27. The predicted molar refractivity (Wildman–Crippen MR) is 43.0 cm³/mol. The van der Waals surface area contributed by atoms with Gasteiger partial charge in [0.05, 0.1) is 0 Å². The van der Waals surface area contributed by atoms with Crippen LogP contribution >= 0.6 is 0 Å². The zero-order valence-corrected chi connectivity index (χ0v) is 6.98. The van der Waals surface area contributed by atoms with Crippen molar-refractivity contribution < 1.29 is 0 Å². The van der Waals surface area contributed by atoms with Gasteiger partial charge < -0.3 is 0 Å². The van der Waals surface area contributed by atoms with Crippen molar-refractivity contribution in [3.63, 3.8) is 0 Å². The molecule has 0 aromatic carbocycles. The minimum absolute atomic E-state index is 1.25. The molecule has 0 aliphatic carbocycles. The van der Waals surface area contributed by atoms with Gasteiger partial charge in [-0.2, -0.15) is 0 Å². The molecular weight excluding hydrogens is 105 g/mol. The molecular formula is C7H16LiN. The van der Waals surface area contributed by atoms with Crippen molar-refractivity contribution in [3.05, 3.63) is 0 Å². The molecule has 0 rings (SSSR count). The van der Waals surface area contributed by atoms with E-state index in [-0.39, 0.29) is 0 Å². The monoisotopic (exact) mass is 121 g/mol. The number of unbranched alkanes of at least 4 members (excludes halogenated alkanes) is 2. The van der Waals surface area contributed by atoms with Crippen LogP contribution < -0.4 is 0 Å². The number of hydrogen-bond acceptors (Lipinski definition) is 1. The molecule has 0 saturated carbocycles. The van der Waals surface area contributed by atoms with Gasteiger partial charge in [-0.1, -0.05) is 0 Å². The van der Waals surface area contributed by atoms with Gasteiger partial charge in [0.1, 0.15) is 0 Å². The van der Waals surface area contributed by atoms with Crippen molar-refractivity contribution in [1.29, 1.82) is 0 Å². The van der Waals surface area contributed by atoms with Crippen LogP contribution in [-0.2, 0) is 0 Å². The number of hydrogen-bond donors (Lipinski definition) is 0. The van der Waals surface area contributed by atoms with E-state index in [1.54, 1.807) is 0 Å². The van der Waals surface area contributed by atoms with Crippen LogP contribution in [-0.4, -0.2) is 43.3 Å². The van der Waals surface area contributed by atoms with E-state index in [1.165, 1.54) is 30.9 Å². The Kier molecular flexibility index (Phi) is 7.09. The number of nitrogens with zero attached hydrogens (tertiary/aromatic N) is 1. The Labute approximate surface area is 68.0 Å². The molecule has 0 saturated heterocycles. The van der Waals surface area contributed by atoms with Gasteiger partial charge in [-0.15, -0.1) is 0 Å². The molecule has 0 unspecified atom stereocenters. The summed E-state index contributed by atoms with van der Waals surface area (Å²) in [4.78, 5) is 2.25. The molecule has 0 aliphatic rings. The van der Waals surface area contributed by atoms with E-state index < -0.39 is 0 Å². The van der Waals surface area contributed by atoms with Gasteiger partial charge in [-0.25, -0.2) is 0 Å². The van der Waals surface area contributed by atoms with Crippen LogP contribution in [0.4, 0.5) is 0 Å². The number of rotatable bonds is 5. The Hall–Kier alpha value is 0.557. The van der Waals surface area contributed by atoms with E-state index in [2.05, 4.69) is 36.7 Å². The topological polar surface area (TPSA) is 3.24 Å². The van der Waals surface area contributed by atoms with Gasteiger partial charge in [-0.05, 0) is 0 Å². The summed E-state index contributed by atoms with van der Waals surface area (Å²) in [6.45, 7) is 1.25. The van der Waals surface area contributed by atoms with Gasteiger partial charge in [0.15, 0.2) is 0 Å². The third-order valence-corrected chi connectivity index (χ3v) is 1.46. The predicted octanol–water partition coefficient (Wildman–Crippen LogP) is 1.31. The van der Waals surface area contributed by atoms with Crippen molar-refractivity contribution in [2.24, 2.45) is 0 Å². The van der Waals surface area contributed by atoms with Crippen molar-refractivity contribution in [3.8, 4) is 0 Å². The molecule has 1 nitrogen and oxygen atoms in total. The first-order valence-electron chi connectivity index (χ1n) is 3.92. The molecule has 0 aromatic heterocycles. The summed E-state index contributed by atoms with van der Waals surface area (Å²) in [5, 5.41) is 1.34. The summed E-state index contributed by atoms with van der Waals surface area (Å²) >= 11 is 2.25. The molecule has 0 amide bonds. The molecule has 0 bridgehead atoms. The SMILES string of the molecule is [Li][CH2]CCCCN(C)C. The van der Waals surface area contributed by atoms with Crippen LogP contribution in [0.3, 0.4) is 0 Å².